The number of hydrogen-bond acceptors (Lipinski definition) is 4. The van der Waals surface area contributed by atoms with Crippen LogP contribution in [-0.2, 0) is 11.8 Å². The van der Waals surface area contributed by atoms with Crippen molar-refractivity contribution in [3.8, 4) is 0 Å². The van der Waals surface area contributed by atoms with Gasteiger partial charge in [-0.2, -0.15) is 0 Å². The molecule has 0 aliphatic carbocycles. The summed E-state index contributed by atoms with van der Waals surface area (Å²) in [4.78, 5) is 19.7. The fourth-order valence-corrected chi connectivity index (χ4v) is 3.24. The number of aromatic nitrogens is 2. The Hall–Kier alpha value is -1.54. The Morgan fingerprint density at radius 1 is 1.50 bits per heavy atom. The van der Waals surface area contributed by atoms with Gasteiger partial charge in [-0.05, 0) is 0 Å². The van der Waals surface area contributed by atoms with E-state index in [1.165, 1.54) is 7.11 Å². The fourth-order valence-electron chi connectivity index (χ4n) is 3.24. The molecule has 2 aliphatic rings. The van der Waals surface area contributed by atoms with Crippen molar-refractivity contribution in [2.45, 2.75) is 24.4 Å². The normalized spacial score (nSPS) is 25.5. The first-order chi connectivity index (χ1) is 10.4. The fraction of sp³-hybridized carbons (Fsp3) is 0.714. The monoisotopic (exact) mass is 314 g/mol. The van der Waals surface area contributed by atoms with E-state index in [9.17, 15) is 13.6 Å². The second-order valence-electron chi connectivity index (χ2n) is 6.07. The van der Waals surface area contributed by atoms with Gasteiger partial charge >= 0.3 is 0 Å². The van der Waals surface area contributed by atoms with E-state index in [1.807, 2.05) is 0 Å². The van der Waals surface area contributed by atoms with Crippen LogP contribution in [0, 0.1) is 0 Å². The summed E-state index contributed by atoms with van der Waals surface area (Å²) in [5, 5.41) is 0. The SMILES string of the molecule is COC[C@@H]1CC(F)(F)CN1C1CN(C(=O)c2nccn2C)C1. The maximum absolute atomic E-state index is 13.6. The van der Waals surface area contributed by atoms with Gasteiger partial charge in [-0.3, -0.25) is 9.69 Å². The molecule has 3 heterocycles. The summed E-state index contributed by atoms with van der Waals surface area (Å²) in [5.41, 5.74) is 0. The Bertz CT molecular complexity index is 557. The average Bonchev–Trinajstić information content (AvgIpc) is 2.92. The highest BCUT2D eigenvalue weighted by Gasteiger charge is 2.50. The Morgan fingerprint density at radius 3 is 2.82 bits per heavy atom. The van der Waals surface area contributed by atoms with Crippen molar-refractivity contribution in [2.75, 3.05) is 33.4 Å². The zero-order chi connectivity index (χ0) is 15.9. The number of halogens is 2. The lowest BCUT2D eigenvalue weighted by Crippen LogP contribution is -2.62. The van der Waals surface area contributed by atoms with Crippen molar-refractivity contribution in [3.05, 3.63) is 18.2 Å². The van der Waals surface area contributed by atoms with Crippen LogP contribution in [0.25, 0.3) is 0 Å². The highest BCUT2D eigenvalue weighted by molar-refractivity contribution is 5.91. The molecule has 0 aromatic carbocycles. The maximum Gasteiger partial charge on any atom is 0.289 e. The van der Waals surface area contributed by atoms with Crippen LogP contribution in [0.5, 0.6) is 0 Å². The van der Waals surface area contributed by atoms with Gasteiger partial charge in [0.05, 0.1) is 13.2 Å². The second-order valence-corrected chi connectivity index (χ2v) is 6.07. The van der Waals surface area contributed by atoms with Gasteiger partial charge in [-0.15, -0.1) is 0 Å². The molecule has 0 bridgehead atoms. The molecule has 8 heteroatoms. The number of aryl methyl sites for hydroxylation is 1. The lowest BCUT2D eigenvalue weighted by molar-refractivity contribution is -0.0140. The minimum atomic E-state index is -2.67. The van der Waals surface area contributed by atoms with E-state index in [1.54, 1.807) is 33.8 Å². The van der Waals surface area contributed by atoms with Crippen LogP contribution in [0.4, 0.5) is 8.78 Å². The number of imidazole rings is 1. The molecular formula is C14H20F2N4O2. The summed E-state index contributed by atoms with van der Waals surface area (Å²) in [6, 6.07) is -0.312. The summed E-state index contributed by atoms with van der Waals surface area (Å²) in [6.45, 7) is 0.958. The molecular weight excluding hydrogens is 294 g/mol. The number of methoxy groups -OCH3 is 1. The van der Waals surface area contributed by atoms with Crippen molar-refractivity contribution >= 4 is 5.91 Å². The molecule has 2 fully saturated rings. The molecule has 0 radical (unpaired) electrons. The van der Waals surface area contributed by atoms with Crippen molar-refractivity contribution < 1.29 is 18.3 Å². The van der Waals surface area contributed by atoms with E-state index < -0.39 is 5.92 Å². The van der Waals surface area contributed by atoms with Gasteiger partial charge < -0.3 is 14.2 Å². The van der Waals surface area contributed by atoms with Crippen molar-refractivity contribution in [2.24, 2.45) is 7.05 Å². The zero-order valence-corrected chi connectivity index (χ0v) is 12.7. The highest BCUT2D eigenvalue weighted by Crippen LogP contribution is 2.35. The first kappa shape index (κ1) is 15.4. The molecule has 0 saturated carbocycles. The van der Waals surface area contributed by atoms with Gasteiger partial charge in [-0.25, -0.2) is 13.8 Å². The van der Waals surface area contributed by atoms with Gasteiger partial charge in [0.2, 0.25) is 0 Å². The number of carbonyl (C=O) groups excluding carboxylic acids is 1. The Kier molecular flexibility index (Phi) is 3.90. The molecule has 0 N–H and O–H groups in total. The molecule has 0 unspecified atom stereocenters. The third kappa shape index (κ3) is 2.72. The summed E-state index contributed by atoms with van der Waals surface area (Å²) >= 11 is 0. The Balaban J connectivity index is 1.61. The van der Waals surface area contributed by atoms with Gasteiger partial charge in [-0.1, -0.05) is 0 Å². The van der Waals surface area contributed by atoms with Crippen molar-refractivity contribution in [1.29, 1.82) is 0 Å². The van der Waals surface area contributed by atoms with Crippen LogP contribution in [0.3, 0.4) is 0 Å². The van der Waals surface area contributed by atoms with Crippen LogP contribution >= 0.6 is 0 Å². The third-order valence-electron chi connectivity index (χ3n) is 4.41. The van der Waals surface area contributed by atoms with Crippen LogP contribution in [-0.4, -0.2) is 76.6 Å². The van der Waals surface area contributed by atoms with Crippen LogP contribution < -0.4 is 0 Å². The van der Waals surface area contributed by atoms with Crippen LogP contribution in [0.1, 0.15) is 17.0 Å². The summed E-state index contributed by atoms with van der Waals surface area (Å²) in [6.07, 6.45) is 3.10. The number of ether oxygens (including phenoxy) is 1. The molecule has 22 heavy (non-hydrogen) atoms. The molecule has 1 atom stereocenters. The number of nitrogens with zero attached hydrogens (tertiary/aromatic N) is 4. The van der Waals surface area contributed by atoms with E-state index >= 15 is 0 Å². The molecule has 1 aromatic rings. The van der Waals surface area contributed by atoms with Gasteiger partial charge in [0.15, 0.2) is 5.82 Å². The quantitative estimate of drug-likeness (QED) is 0.817. The minimum absolute atomic E-state index is 0.0299. The molecule has 122 valence electrons. The maximum atomic E-state index is 13.6. The summed E-state index contributed by atoms with van der Waals surface area (Å²) in [7, 11) is 3.28. The third-order valence-corrected chi connectivity index (χ3v) is 4.41. The number of alkyl halides is 2. The molecule has 1 amide bonds. The van der Waals surface area contributed by atoms with Crippen LogP contribution in [0.2, 0.25) is 0 Å². The van der Waals surface area contributed by atoms with Gasteiger partial charge in [0, 0.05) is 58.1 Å². The lowest BCUT2D eigenvalue weighted by atomic mass is 10.1. The van der Waals surface area contributed by atoms with Crippen molar-refractivity contribution in [1.82, 2.24) is 19.4 Å². The topological polar surface area (TPSA) is 50.6 Å². The number of hydrogen-bond donors (Lipinski definition) is 0. The number of carbonyl (C=O) groups is 1. The molecule has 1 aromatic heterocycles. The van der Waals surface area contributed by atoms with E-state index in [0.717, 1.165) is 0 Å². The lowest BCUT2D eigenvalue weighted by Gasteiger charge is -2.45. The standard InChI is InChI=1S/C14H20F2N4O2/c1-18-4-3-17-12(18)13(21)19-6-11(7-19)20-9-14(15,16)5-10(20)8-22-2/h3-4,10-11H,5-9H2,1-2H3/t10-/m0/s1. The predicted octanol–water partition coefficient (Wildman–Crippen LogP) is 0.600. The predicted molar refractivity (Wildman–Crippen MR) is 74.8 cm³/mol. The first-order valence-electron chi connectivity index (χ1n) is 7.30. The van der Waals surface area contributed by atoms with Gasteiger partial charge in [0.1, 0.15) is 0 Å². The number of rotatable bonds is 4. The summed E-state index contributed by atoms with van der Waals surface area (Å²) < 4.78 is 34.0. The van der Waals surface area contributed by atoms with E-state index in [4.69, 9.17) is 4.74 Å². The van der Waals surface area contributed by atoms with Gasteiger partial charge in [0.25, 0.3) is 11.8 Å². The largest absolute Gasteiger partial charge is 0.383 e. The highest BCUT2D eigenvalue weighted by atomic mass is 19.3. The Labute approximate surface area is 127 Å². The molecule has 6 nitrogen and oxygen atoms in total. The molecule has 3 rings (SSSR count). The number of likely N-dealkylation sites (tertiary alicyclic amines) is 2. The number of amides is 1. The Morgan fingerprint density at radius 2 is 2.23 bits per heavy atom. The van der Waals surface area contributed by atoms with E-state index in [-0.39, 0.29) is 31.0 Å². The second kappa shape index (κ2) is 5.58. The average molecular weight is 314 g/mol. The zero-order valence-electron chi connectivity index (χ0n) is 12.7. The minimum Gasteiger partial charge on any atom is -0.383 e. The smallest absolute Gasteiger partial charge is 0.289 e. The van der Waals surface area contributed by atoms with Crippen LogP contribution in [0.15, 0.2) is 12.4 Å². The van der Waals surface area contributed by atoms with Crippen molar-refractivity contribution in [3.63, 3.8) is 0 Å². The first-order valence-corrected chi connectivity index (χ1v) is 7.30. The molecule has 0 spiro atoms. The summed E-state index contributed by atoms with van der Waals surface area (Å²) in [5.74, 6) is -2.45. The van der Waals surface area contributed by atoms with E-state index in [0.29, 0.717) is 25.5 Å². The molecule has 2 aliphatic heterocycles. The van der Waals surface area contributed by atoms with E-state index in [2.05, 4.69) is 4.98 Å². The molecule has 2 saturated heterocycles.